The van der Waals surface area contributed by atoms with Crippen molar-refractivity contribution in [2.24, 2.45) is 23.7 Å². The number of methoxy groups -OCH3 is 3. The molecule has 10 rings (SSSR count). The molecule has 0 radical (unpaired) electrons. The summed E-state index contributed by atoms with van der Waals surface area (Å²) in [6, 6.07) is 13.2. The van der Waals surface area contributed by atoms with Gasteiger partial charge in [0.05, 0.1) is 27.2 Å². The number of fused-ring (bicyclic) bond motifs is 9. The molecule has 2 N–H and O–H groups in total. The summed E-state index contributed by atoms with van der Waals surface area (Å²) in [7, 11) is 6.99. The van der Waals surface area contributed by atoms with Gasteiger partial charge in [0, 0.05) is 76.4 Å². The minimum atomic E-state index is -0.725. The number of aromatic amines is 2. The zero-order valence-corrected chi connectivity index (χ0v) is 31.4. The first-order valence-corrected chi connectivity index (χ1v) is 19.3. The Morgan fingerprint density at radius 3 is 2.60 bits per heavy atom. The van der Waals surface area contributed by atoms with E-state index in [2.05, 4.69) is 83.1 Å². The minimum absolute atomic E-state index is 0.00122. The number of esters is 2. The molecule has 274 valence electrons. The van der Waals surface area contributed by atoms with E-state index < -0.39 is 5.41 Å². The Hall–Kier alpha value is -4.08. The van der Waals surface area contributed by atoms with Crippen molar-refractivity contribution in [1.29, 1.82) is 0 Å². The molecular formula is C43H52N4O5. The maximum absolute atomic E-state index is 14.2. The fourth-order valence-electron chi connectivity index (χ4n) is 12.1. The molecule has 9 nitrogen and oxygen atoms in total. The Bertz CT molecular complexity index is 2110. The van der Waals surface area contributed by atoms with Gasteiger partial charge in [0.25, 0.3) is 0 Å². The molecule has 0 amide bonds. The molecule has 6 bridgehead atoms. The standard InChI is InChI=1S/C43H52N4O5/c1-7-24-15-23-20-43(42(49)52-6)39-27(13-14-47(21-23)40(24)43)29-19-36(50-4)30(17-34(29)45-39)31-16-28-25(8-2)22-46(3)35(37(28)41(48)51-5)18-32-26-11-9-10-12-33(26)44-38(31)32/h8-12,17,19,23-24,28,31,35,37,40,44-45H,7,13-16,18,20-22H2,1-6H3/b25-8-. The maximum atomic E-state index is 14.2. The van der Waals surface area contributed by atoms with E-state index in [4.69, 9.17) is 14.2 Å². The van der Waals surface area contributed by atoms with Gasteiger partial charge in [-0.25, -0.2) is 0 Å². The van der Waals surface area contributed by atoms with Gasteiger partial charge in [0.15, 0.2) is 0 Å². The molecule has 4 aromatic rings. The number of hydrogen-bond donors (Lipinski definition) is 2. The van der Waals surface area contributed by atoms with Crippen molar-refractivity contribution in [3.63, 3.8) is 0 Å². The quantitative estimate of drug-likeness (QED) is 0.181. The molecule has 0 spiro atoms. The van der Waals surface area contributed by atoms with E-state index >= 15 is 0 Å². The molecule has 4 fully saturated rings. The van der Waals surface area contributed by atoms with Crippen molar-refractivity contribution in [3.05, 3.63) is 76.1 Å². The van der Waals surface area contributed by atoms with Gasteiger partial charge in [-0.2, -0.15) is 0 Å². The lowest BCUT2D eigenvalue weighted by Crippen LogP contribution is -2.67. The molecule has 9 unspecified atom stereocenters. The van der Waals surface area contributed by atoms with Crippen LogP contribution in [-0.2, 0) is 37.3 Å². The molecule has 3 saturated heterocycles. The van der Waals surface area contributed by atoms with Gasteiger partial charge in [0.2, 0.25) is 0 Å². The van der Waals surface area contributed by atoms with E-state index in [1.165, 1.54) is 41.3 Å². The molecule has 6 aliphatic rings. The number of ether oxygens (including phenoxy) is 3. The first-order chi connectivity index (χ1) is 25.3. The van der Waals surface area contributed by atoms with Crippen molar-refractivity contribution >= 4 is 33.7 Å². The van der Waals surface area contributed by atoms with Crippen LogP contribution in [0.5, 0.6) is 5.75 Å². The predicted molar refractivity (Wildman–Crippen MR) is 202 cm³/mol. The summed E-state index contributed by atoms with van der Waals surface area (Å²) >= 11 is 0. The number of benzene rings is 2. The first kappa shape index (κ1) is 33.7. The van der Waals surface area contributed by atoms with E-state index in [9.17, 15) is 9.59 Å². The Morgan fingerprint density at radius 1 is 1.02 bits per heavy atom. The average molecular weight is 705 g/mol. The normalized spacial score (nSPS) is 33.2. The van der Waals surface area contributed by atoms with Crippen LogP contribution in [0.15, 0.2) is 48.0 Å². The highest BCUT2D eigenvalue weighted by molar-refractivity contribution is 5.93. The van der Waals surface area contributed by atoms with Crippen molar-refractivity contribution in [2.45, 2.75) is 75.8 Å². The lowest BCUT2D eigenvalue weighted by Gasteiger charge is -2.57. The van der Waals surface area contributed by atoms with Crippen molar-refractivity contribution in [1.82, 2.24) is 19.8 Å². The highest BCUT2D eigenvalue weighted by Gasteiger charge is 2.62. The SMILES string of the molecule is C/C=C1/CN(C)C2Cc3c([nH]c4ccccc34)C(c3cc4[nH]c5c(c4cc3OC)CCN3CC4CC(CC)C3C5(C(=O)OC)C4)CC1C2C(=O)OC. The number of para-hydroxylation sites is 1. The largest absolute Gasteiger partial charge is 0.496 e. The topological polar surface area (TPSA) is 99.9 Å². The van der Waals surface area contributed by atoms with E-state index in [1.54, 1.807) is 14.2 Å². The van der Waals surface area contributed by atoms with Gasteiger partial charge in [-0.3, -0.25) is 19.4 Å². The number of likely N-dealkylation sites (tertiary alicyclic amines) is 1. The van der Waals surface area contributed by atoms with Gasteiger partial charge < -0.3 is 24.2 Å². The molecule has 9 atom stereocenters. The fourth-order valence-corrected chi connectivity index (χ4v) is 12.1. The second-order valence-corrected chi connectivity index (χ2v) is 16.3. The van der Waals surface area contributed by atoms with E-state index in [1.807, 2.05) is 0 Å². The number of carbonyl (C=O) groups is 2. The first-order valence-electron chi connectivity index (χ1n) is 19.3. The number of nitrogens with one attached hydrogen (secondary N) is 2. The van der Waals surface area contributed by atoms with E-state index in [0.717, 1.165) is 85.2 Å². The zero-order chi connectivity index (χ0) is 36.1. The third-order valence-electron chi connectivity index (χ3n) is 14.1. The summed E-state index contributed by atoms with van der Waals surface area (Å²) in [5.41, 5.74) is 8.48. The minimum Gasteiger partial charge on any atom is -0.496 e. The molecule has 1 saturated carbocycles. The van der Waals surface area contributed by atoms with Crippen LogP contribution >= 0.6 is 0 Å². The Balaban J connectivity index is 1.27. The average Bonchev–Trinajstić information content (AvgIpc) is 3.69. The molecule has 6 heterocycles. The summed E-state index contributed by atoms with van der Waals surface area (Å²) in [4.78, 5) is 40.8. The fraction of sp³-hybridized carbons (Fsp3) is 0.535. The summed E-state index contributed by atoms with van der Waals surface area (Å²) in [6.45, 7) is 7.17. The molecule has 4 aliphatic heterocycles. The number of nitrogens with zero attached hydrogens (tertiary/aromatic N) is 2. The molecule has 2 aromatic carbocycles. The number of carbonyl (C=O) groups excluding carboxylic acids is 2. The van der Waals surface area contributed by atoms with E-state index in [0.29, 0.717) is 11.8 Å². The lowest BCUT2D eigenvalue weighted by atomic mass is 9.56. The van der Waals surface area contributed by atoms with Crippen LogP contribution in [0.2, 0.25) is 0 Å². The van der Waals surface area contributed by atoms with Gasteiger partial charge in [0.1, 0.15) is 11.2 Å². The summed E-state index contributed by atoms with van der Waals surface area (Å²) in [5.74, 6) is 1.11. The van der Waals surface area contributed by atoms with Crippen LogP contribution in [0, 0.1) is 23.7 Å². The zero-order valence-electron chi connectivity index (χ0n) is 31.4. The van der Waals surface area contributed by atoms with Gasteiger partial charge >= 0.3 is 11.9 Å². The third kappa shape index (κ3) is 4.67. The highest BCUT2D eigenvalue weighted by atomic mass is 16.5. The van der Waals surface area contributed by atoms with Crippen LogP contribution < -0.4 is 4.74 Å². The van der Waals surface area contributed by atoms with Crippen LogP contribution in [0.25, 0.3) is 21.8 Å². The number of rotatable bonds is 5. The monoisotopic (exact) mass is 704 g/mol. The number of hydrogen-bond acceptors (Lipinski definition) is 7. The summed E-state index contributed by atoms with van der Waals surface area (Å²) < 4.78 is 17.6. The van der Waals surface area contributed by atoms with Gasteiger partial charge in [-0.1, -0.05) is 43.2 Å². The van der Waals surface area contributed by atoms with Crippen molar-refractivity contribution in [2.75, 3.05) is 48.0 Å². The van der Waals surface area contributed by atoms with Crippen molar-refractivity contribution < 1.29 is 23.8 Å². The number of H-pyrrole nitrogens is 2. The van der Waals surface area contributed by atoms with Crippen LogP contribution in [0.3, 0.4) is 0 Å². The molecule has 52 heavy (non-hydrogen) atoms. The predicted octanol–water partition coefficient (Wildman–Crippen LogP) is 6.49. The molecular weight excluding hydrogens is 652 g/mol. The number of piperidine rings is 3. The van der Waals surface area contributed by atoms with Gasteiger partial charge in [-0.05, 0) is 93.2 Å². The smallest absolute Gasteiger partial charge is 0.319 e. The van der Waals surface area contributed by atoms with E-state index in [-0.39, 0.29) is 41.8 Å². The van der Waals surface area contributed by atoms with Crippen LogP contribution in [0.4, 0.5) is 0 Å². The second kappa shape index (κ2) is 12.5. The van der Waals surface area contributed by atoms with Crippen LogP contribution in [0.1, 0.15) is 73.5 Å². The van der Waals surface area contributed by atoms with Crippen molar-refractivity contribution in [3.8, 4) is 5.75 Å². The third-order valence-corrected chi connectivity index (χ3v) is 14.1. The summed E-state index contributed by atoms with van der Waals surface area (Å²) in [6.07, 6.45) is 7.59. The molecule has 2 aliphatic carbocycles. The summed E-state index contributed by atoms with van der Waals surface area (Å²) in [5, 5.41) is 2.32. The number of likely N-dealkylation sites (N-methyl/N-ethyl adjacent to an activating group) is 1. The second-order valence-electron chi connectivity index (χ2n) is 16.3. The van der Waals surface area contributed by atoms with Crippen LogP contribution in [-0.4, -0.2) is 91.8 Å². The maximum Gasteiger partial charge on any atom is 0.319 e. The highest BCUT2D eigenvalue weighted by Crippen LogP contribution is 2.56. The lowest BCUT2D eigenvalue weighted by molar-refractivity contribution is -0.162. The number of aromatic nitrogens is 2. The Morgan fingerprint density at radius 2 is 1.85 bits per heavy atom. The number of allylic oxidation sites excluding steroid dienone is 1. The Kier molecular flexibility index (Phi) is 8.12. The molecule has 9 heteroatoms. The van der Waals surface area contributed by atoms with Gasteiger partial charge in [-0.15, -0.1) is 0 Å². The Labute approximate surface area is 306 Å². The molecule has 2 aromatic heterocycles.